The minimum absolute atomic E-state index is 0.0181. The number of rotatable bonds is 9. The van der Waals surface area contributed by atoms with Gasteiger partial charge in [-0.2, -0.15) is 0 Å². The molecule has 3 aromatic carbocycles. The van der Waals surface area contributed by atoms with Gasteiger partial charge in [-0.05, 0) is 42.0 Å². The summed E-state index contributed by atoms with van der Waals surface area (Å²) in [6.45, 7) is 0.477. The summed E-state index contributed by atoms with van der Waals surface area (Å²) in [6, 6.07) is 25.1. The first kappa shape index (κ1) is 22.9. The first-order valence-corrected chi connectivity index (χ1v) is 11.8. The predicted molar refractivity (Wildman–Crippen MR) is 132 cm³/mol. The van der Waals surface area contributed by atoms with Gasteiger partial charge in [-0.15, -0.1) is 10.2 Å². The van der Waals surface area contributed by atoms with E-state index in [1.807, 2.05) is 83.4 Å². The van der Waals surface area contributed by atoms with Crippen LogP contribution in [0.1, 0.15) is 12.0 Å². The number of hydrogen-bond donors (Lipinski definition) is 1. The number of benzene rings is 3. The third-order valence-electron chi connectivity index (χ3n) is 4.97. The minimum Gasteiger partial charge on any atom is -0.497 e. The molecule has 168 valence electrons. The molecule has 0 fully saturated rings. The highest BCUT2D eigenvalue weighted by Gasteiger charge is 2.18. The highest BCUT2D eigenvalue weighted by atomic mass is 35.5. The number of hydrogen-bond acceptors (Lipinski definition) is 5. The normalized spacial score (nSPS) is 10.7. The van der Waals surface area contributed by atoms with Crippen molar-refractivity contribution < 1.29 is 9.53 Å². The molecule has 0 spiro atoms. The fourth-order valence-electron chi connectivity index (χ4n) is 3.26. The molecule has 1 aromatic heterocycles. The summed E-state index contributed by atoms with van der Waals surface area (Å²) in [7, 11) is 1.63. The lowest BCUT2D eigenvalue weighted by Gasteiger charge is -2.11. The maximum Gasteiger partial charge on any atom is 0.221 e. The van der Waals surface area contributed by atoms with Crippen molar-refractivity contribution >= 4 is 29.3 Å². The first-order valence-electron chi connectivity index (χ1n) is 10.4. The van der Waals surface area contributed by atoms with Gasteiger partial charge in [0, 0.05) is 30.0 Å². The zero-order valence-electron chi connectivity index (χ0n) is 18.1. The Labute approximate surface area is 202 Å². The summed E-state index contributed by atoms with van der Waals surface area (Å²) < 4.78 is 7.13. The van der Waals surface area contributed by atoms with Crippen LogP contribution in [-0.4, -0.2) is 33.5 Å². The van der Waals surface area contributed by atoms with Crippen LogP contribution < -0.4 is 10.1 Å². The molecule has 0 aliphatic carbocycles. The summed E-state index contributed by atoms with van der Waals surface area (Å²) in [6.07, 6.45) is 0.365. The molecule has 6 nitrogen and oxygen atoms in total. The number of thioether (sulfide) groups is 1. The lowest BCUT2D eigenvalue weighted by molar-refractivity contribution is -0.120. The first-order chi connectivity index (χ1) is 16.2. The van der Waals surface area contributed by atoms with E-state index in [4.69, 9.17) is 16.3 Å². The van der Waals surface area contributed by atoms with Crippen molar-refractivity contribution in [3.05, 3.63) is 89.4 Å². The molecule has 0 bridgehead atoms. The van der Waals surface area contributed by atoms with Crippen LogP contribution in [0, 0.1) is 0 Å². The van der Waals surface area contributed by atoms with E-state index in [1.54, 1.807) is 7.11 Å². The number of carbonyl (C=O) groups is 1. The summed E-state index contributed by atoms with van der Waals surface area (Å²) in [4.78, 5) is 12.3. The molecule has 4 rings (SSSR count). The van der Waals surface area contributed by atoms with Crippen molar-refractivity contribution in [1.82, 2.24) is 20.1 Å². The second kappa shape index (κ2) is 11.0. The molecule has 0 aliphatic rings. The highest BCUT2D eigenvalue weighted by molar-refractivity contribution is 7.99. The highest BCUT2D eigenvalue weighted by Crippen LogP contribution is 2.32. The van der Waals surface area contributed by atoms with Gasteiger partial charge in [0.25, 0.3) is 0 Å². The minimum atomic E-state index is -0.0181. The summed E-state index contributed by atoms with van der Waals surface area (Å²) >= 11 is 7.91. The SMILES string of the molecule is COc1ccc(CNC(=O)CCSc2nnc(-c3ccccc3Cl)n2-c2ccccc2)cc1. The summed E-state index contributed by atoms with van der Waals surface area (Å²) in [5.74, 6) is 2.01. The van der Waals surface area contributed by atoms with E-state index in [9.17, 15) is 4.79 Å². The Bertz CT molecular complexity index is 1210. The number of carbonyl (C=O) groups excluding carboxylic acids is 1. The van der Waals surface area contributed by atoms with Crippen LogP contribution in [0.25, 0.3) is 17.1 Å². The fraction of sp³-hybridized carbons (Fsp3) is 0.160. The van der Waals surface area contributed by atoms with Gasteiger partial charge in [-0.25, -0.2) is 0 Å². The van der Waals surface area contributed by atoms with Gasteiger partial charge in [0.2, 0.25) is 5.91 Å². The van der Waals surface area contributed by atoms with Crippen molar-refractivity contribution in [2.45, 2.75) is 18.1 Å². The second-order valence-corrected chi connectivity index (χ2v) is 8.65. The van der Waals surface area contributed by atoms with E-state index in [1.165, 1.54) is 11.8 Å². The van der Waals surface area contributed by atoms with Gasteiger partial charge in [-0.3, -0.25) is 9.36 Å². The van der Waals surface area contributed by atoms with Gasteiger partial charge in [0.15, 0.2) is 11.0 Å². The van der Waals surface area contributed by atoms with Crippen LogP contribution >= 0.6 is 23.4 Å². The van der Waals surface area contributed by atoms with Crippen LogP contribution in [0.15, 0.2) is 84.0 Å². The van der Waals surface area contributed by atoms with Gasteiger partial charge >= 0.3 is 0 Å². The average Bonchev–Trinajstić information content (AvgIpc) is 3.27. The van der Waals surface area contributed by atoms with Crippen LogP contribution in [0.2, 0.25) is 5.02 Å². The zero-order valence-corrected chi connectivity index (χ0v) is 19.6. The van der Waals surface area contributed by atoms with Gasteiger partial charge in [-0.1, -0.05) is 65.8 Å². The van der Waals surface area contributed by atoms with Gasteiger partial charge in [0.1, 0.15) is 5.75 Å². The topological polar surface area (TPSA) is 69.0 Å². The third-order valence-corrected chi connectivity index (χ3v) is 6.23. The van der Waals surface area contributed by atoms with E-state index in [0.29, 0.717) is 34.7 Å². The number of nitrogens with one attached hydrogen (secondary N) is 1. The van der Waals surface area contributed by atoms with Crippen LogP contribution in [-0.2, 0) is 11.3 Å². The maximum atomic E-state index is 12.3. The Balaban J connectivity index is 1.42. The number of amides is 1. The van der Waals surface area contributed by atoms with E-state index < -0.39 is 0 Å². The van der Waals surface area contributed by atoms with E-state index in [-0.39, 0.29) is 5.91 Å². The van der Waals surface area contributed by atoms with E-state index in [2.05, 4.69) is 15.5 Å². The Kier molecular flexibility index (Phi) is 7.65. The Hall–Kier alpha value is -3.29. The van der Waals surface area contributed by atoms with Crippen molar-refractivity contribution in [2.75, 3.05) is 12.9 Å². The molecule has 0 atom stereocenters. The monoisotopic (exact) mass is 478 g/mol. The van der Waals surface area contributed by atoms with Crippen LogP contribution in [0.4, 0.5) is 0 Å². The molecule has 0 saturated carbocycles. The lowest BCUT2D eigenvalue weighted by atomic mass is 10.2. The Morgan fingerprint density at radius 2 is 1.73 bits per heavy atom. The van der Waals surface area contributed by atoms with Crippen LogP contribution in [0.3, 0.4) is 0 Å². The molecule has 1 heterocycles. The van der Waals surface area contributed by atoms with E-state index >= 15 is 0 Å². The quantitative estimate of drug-likeness (QED) is 0.326. The predicted octanol–water partition coefficient (Wildman–Crippen LogP) is 5.39. The lowest BCUT2D eigenvalue weighted by Crippen LogP contribution is -2.23. The Morgan fingerprint density at radius 1 is 1.00 bits per heavy atom. The number of halogens is 1. The number of methoxy groups -OCH3 is 1. The molecular formula is C25H23ClN4O2S. The number of aromatic nitrogens is 3. The molecule has 33 heavy (non-hydrogen) atoms. The molecule has 0 radical (unpaired) electrons. The number of nitrogens with zero attached hydrogens (tertiary/aromatic N) is 3. The van der Waals surface area contributed by atoms with E-state index in [0.717, 1.165) is 22.6 Å². The smallest absolute Gasteiger partial charge is 0.221 e. The maximum absolute atomic E-state index is 12.3. The summed E-state index contributed by atoms with van der Waals surface area (Å²) in [5.41, 5.74) is 2.76. The van der Waals surface area contributed by atoms with Gasteiger partial charge in [0.05, 0.1) is 12.1 Å². The van der Waals surface area contributed by atoms with Gasteiger partial charge < -0.3 is 10.1 Å². The Morgan fingerprint density at radius 3 is 2.45 bits per heavy atom. The molecule has 0 saturated heterocycles. The fourth-order valence-corrected chi connectivity index (χ4v) is 4.37. The van der Waals surface area contributed by atoms with Crippen molar-refractivity contribution in [3.8, 4) is 22.8 Å². The molecule has 0 aliphatic heterocycles. The third kappa shape index (κ3) is 5.74. The van der Waals surface area contributed by atoms with Crippen molar-refractivity contribution in [2.24, 2.45) is 0 Å². The number of ether oxygens (including phenoxy) is 1. The van der Waals surface area contributed by atoms with Crippen molar-refractivity contribution in [1.29, 1.82) is 0 Å². The zero-order chi connectivity index (χ0) is 23.0. The molecule has 1 amide bonds. The second-order valence-electron chi connectivity index (χ2n) is 7.18. The molecule has 1 N–H and O–H groups in total. The molecular weight excluding hydrogens is 456 g/mol. The largest absolute Gasteiger partial charge is 0.497 e. The average molecular weight is 479 g/mol. The molecule has 8 heteroatoms. The molecule has 4 aromatic rings. The molecule has 0 unspecified atom stereocenters. The standard InChI is InChI=1S/C25H23ClN4O2S/c1-32-20-13-11-18(12-14-20)17-27-23(31)15-16-33-25-29-28-24(21-9-5-6-10-22(21)26)30(25)19-7-3-2-4-8-19/h2-14H,15-17H2,1H3,(H,27,31). The summed E-state index contributed by atoms with van der Waals surface area (Å²) in [5, 5.41) is 13.1. The van der Waals surface area contributed by atoms with Crippen LogP contribution in [0.5, 0.6) is 5.75 Å². The number of para-hydroxylation sites is 1. The van der Waals surface area contributed by atoms with Crippen molar-refractivity contribution in [3.63, 3.8) is 0 Å².